The smallest absolute Gasteiger partial charge is 0.254 e. The molecule has 0 bridgehead atoms. The molecular formula is C12H20N4O. The summed E-state index contributed by atoms with van der Waals surface area (Å²) in [6.07, 6.45) is 5.70. The van der Waals surface area contributed by atoms with Crippen LogP contribution in [0.4, 0.5) is 0 Å². The second kappa shape index (κ2) is 5.82. The summed E-state index contributed by atoms with van der Waals surface area (Å²) in [6.45, 7) is 6.26. The quantitative estimate of drug-likeness (QED) is 0.815. The van der Waals surface area contributed by atoms with Crippen molar-refractivity contribution in [2.75, 3.05) is 26.2 Å². The summed E-state index contributed by atoms with van der Waals surface area (Å²) in [6, 6.07) is 0. The van der Waals surface area contributed by atoms with Gasteiger partial charge in [-0.25, -0.2) is 0 Å². The minimum Gasteiger partial charge on any atom is -0.351 e. The van der Waals surface area contributed by atoms with E-state index in [9.17, 15) is 4.79 Å². The lowest BCUT2D eigenvalue weighted by molar-refractivity contribution is 0.0944. The normalized spacial score (nSPS) is 18.2. The molecule has 0 aromatic carbocycles. The van der Waals surface area contributed by atoms with Crippen molar-refractivity contribution in [1.82, 2.24) is 20.4 Å². The van der Waals surface area contributed by atoms with E-state index in [1.807, 2.05) is 0 Å². The number of aromatic nitrogens is 2. The van der Waals surface area contributed by atoms with Crippen molar-refractivity contribution in [3.63, 3.8) is 0 Å². The highest BCUT2D eigenvalue weighted by molar-refractivity contribution is 5.93. The first kappa shape index (κ1) is 12.1. The highest BCUT2D eigenvalue weighted by atomic mass is 16.1. The standard InChI is InChI=1S/C12H20N4O/c1-10-2-5-16(6-3-10)7-4-13-12(17)11-8-14-15-9-11/h8-10H,2-7H2,1H3,(H,13,17)(H,14,15). The minimum absolute atomic E-state index is 0.0517. The highest BCUT2D eigenvalue weighted by Gasteiger charge is 2.15. The van der Waals surface area contributed by atoms with Crippen LogP contribution in [0.5, 0.6) is 0 Å². The van der Waals surface area contributed by atoms with Gasteiger partial charge in [0.15, 0.2) is 0 Å². The maximum Gasteiger partial charge on any atom is 0.254 e. The Balaban J connectivity index is 1.64. The number of likely N-dealkylation sites (tertiary alicyclic amines) is 1. The lowest BCUT2D eigenvalue weighted by atomic mass is 9.99. The fourth-order valence-corrected chi connectivity index (χ4v) is 2.09. The topological polar surface area (TPSA) is 61.0 Å². The van der Waals surface area contributed by atoms with Gasteiger partial charge in [0.2, 0.25) is 0 Å². The van der Waals surface area contributed by atoms with Gasteiger partial charge in [0, 0.05) is 19.3 Å². The molecule has 5 nitrogen and oxygen atoms in total. The zero-order valence-electron chi connectivity index (χ0n) is 10.3. The molecule has 0 saturated carbocycles. The number of hydrogen-bond acceptors (Lipinski definition) is 3. The fourth-order valence-electron chi connectivity index (χ4n) is 2.09. The van der Waals surface area contributed by atoms with Crippen LogP contribution in [0.15, 0.2) is 12.4 Å². The SMILES string of the molecule is CC1CCN(CCNC(=O)c2cn[nH]c2)CC1. The Morgan fingerprint density at radius 1 is 1.59 bits per heavy atom. The molecule has 17 heavy (non-hydrogen) atoms. The van der Waals surface area contributed by atoms with Crippen LogP contribution < -0.4 is 5.32 Å². The van der Waals surface area contributed by atoms with E-state index in [0.717, 1.165) is 25.6 Å². The van der Waals surface area contributed by atoms with E-state index in [1.165, 1.54) is 19.0 Å². The monoisotopic (exact) mass is 236 g/mol. The van der Waals surface area contributed by atoms with E-state index in [2.05, 4.69) is 27.3 Å². The Morgan fingerprint density at radius 3 is 3.00 bits per heavy atom. The first-order valence-corrected chi connectivity index (χ1v) is 6.25. The van der Waals surface area contributed by atoms with E-state index in [-0.39, 0.29) is 5.91 Å². The lowest BCUT2D eigenvalue weighted by Crippen LogP contribution is -2.39. The van der Waals surface area contributed by atoms with E-state index >= 15 is 0 Å². The predicted octanol–water partition coefficient (Wildman–Crippen LogP) is 0.871. The molecule has 0 spiro atoms. The number of H-pyrrole nitrogens is 1. The number of carbonyl (C=O) groups excluding carboxylic acids is 1. The molecule has 5 heteroatoms. The molecule has 0 unspecified atom stereocenters. The number of nitrogens with one attached hydrogen (secondary N) is 2. The van der Waals surface area contributed by atoms with Gasteiger partial charge in [0.05, 0.1) is 11.8 Å². The zero-order valence-corrected chi connectivity index (χ0v) is 10.3. The second-order valence-corrected chi connectivity index (χ2v) is 4.77. The third kappa shape index (κ3) is 3.56. The summed E-state index contributed by atoms with van der Waals surface area (Å²) in [5.41, 5.74) is 0.595. The number of carbonyl (C=O) groups is 1. The van der Waals surface area contributed by atoms with Crippen LogP contribution in [-0.2, 0) is 0 Å². The molecular weight excluding hydrogens is 216 g/mol. The average Bonchev–Trinajstić information content (AvgIpc) is 2.85. The number of piperidine rings is 1. The third-order valence-corrected chi connectivity index (χ3v) is 3.35. The minimum atomic E-state index is -0.0517. The Bertz CT molecular complexity index is 341. The summed E-state index contributed by atoms with van der Waals surface area (Å²) in [4.78, 5) is 14.0. The molecule has 2 heterocycles. The van der Waals surface area contributed by atoms with Crippen LogP contribution in [0, 0.1) is 5.92 Å². The van der Waals surface area contributed by atoms with Gasteiger partial charge in [-0.2, -0.15) is 5.10 Å². The van der Waals surface area contributed by atoms with Crippen LogP contribution in [0.2, 0.25) is 0 Å². The van der Waals surface area contributed by atoms with E-state index < -0.39 is 0 Å². The van der Waals surface area contributed by atoms with Gasteiger partial charge in [0.1, 0.15) is 0 Å². The molecule has 1 fully saturated rings. The molecule has 0 atom stereocenters. The van der Waals surface area contributed by atoms with Crippen LogP contribution in [0.25, 0.3) is 0 Å². The van der Waals surface area contributed by atoms with E-state index in [1.54, 1.807) is 6.20 Å². The molecule has 0 radical (unpaired) electrons. The molecule has 2 rings (SSSR count). The van der Waals surface area contributed by atoms with E-state index in [4.69, 9.17) is 0 Å². The maximum atomic E-state index is 11.6. The molecule has 1 saturated heterocycles. The van der Waals surface area contributed by atoms with Gasteiger partial charge in [-0.1, -0.05) is 6.92 Å². The predicted molar refractivity (Wildman–Crippen MR) is 65.8 cm³/mol. The van der Waals surface area contributed by atoms with Gasteiger partial charge >= 0.3 is 0 Å². The Morgan fingerprint density at radius 2 is 2.35 bits per heavy atom. The van der Waals surface area contributed by atoms with Crippen molar-refractivity contribution in [3.8, 4) is 0 Å². The van der Waals surface area contributed by atoms with Gasteiger partial charge in [-0.3, -0.25) is 9.89 Å². The van der Waals surface area contributed by atoms with Gasteiger partial charge in [-0.05, 0) is 31.8 Å². The van der Waals surface area contributed by atoms with Crippen LogP contribution in [-0.4, -0.2) is 47.2 Å². The van der Waals surface area contributed by atoms with Crippen molar-refractivity contribution in [3.05, 3.63) is 18.0 Å². The highest BCUT2D eigenvalue weighted by Crippen LogP contribution is 2.15. The first-order valence-electron chi connectivity index (χ1n) is 6.25. The molecule has 1 aromatic heterocycles. The molecule has 1 aliphatic rings. The summed E-state index contributed by atoms with van der Waals surface area (Å²) in [7, 11) is 0. The van der Waals surface area contributed by atoms with E-state index in [0.29, 0.717) is 12.1 Å². The van der Waals surface area contributed by atoms with Crippen molar-refractivity contribution in [2.45, 2.75) is 19.8 Å². The molecule has 2 N–H and O–H groups in total. The fraction of sp³-hybridized carbons (Fsp3) is 0.667. The van der Waals surface area contributed by atoms with Crippen molar-refractivity contribution in [1.29, 1.82) is 0 Å². The summed E-state index contributed by atoms with van der Waals surface area (Å²) in [5.74, 6) is 0.802. The molecule has 0 aliphatic carbocycles. The summed E-state index contributed by atoms with van der Waals surface area (Å²) in [5, 5.41) is 9.29. The third-order valence-electron chi connectivity index (χ3n) is 3.35. The number of nitrogens with zero attached hydrogens (tertiary/aromatic N) is 2. The van der Waals surface area contributed by atoms with Crippen LogP contribution in [0.3, 0.4) is 0 Å². The summed E-state index contributed by atoms with van der Waals surface area (Å²) < 4.78 is 0. The van der Waals surface area contributed by atoms with Crippen LogP contribution >= 0.6 is 0 Å². The maximum absolute atomic E-state index is 11.6. The molecule has 1 aromatic rings. The average molecular weight is 236 g/mol. The number of rotatable bonds is 4. The first-order chi connectivity index (χ1) is 8.25. The number of amides is 1. The van der Waals surface area contributed by atoms with Crippen molar-refractivity contribution >= 4 is 5.91 Å². The summed E-state index contributed by atoms with van der Waals surface area (Å²) >= 11 is 0. The van der Waals surface area contributed by atoms with Crippen molar-refractivity contribution in [2.24, 2.45) is 5.92 Å². The Kier molecular flexibility index (Phi) is 4.14. The van der Waals surface area contributed by atoms with Gasteiger partial charge in [-0.15, -0.1) is 0 Å². The second-order valence-electron chi connectivity index (χ2n) is 4.77. The van der Waals surface area contributed by atoms with Gasteiger partial charge in [0.25, 0.3) is 5.91 Å². The van der Waals surface area contributed by atoms with Crippen molar-refractivity contribution < 1.29 is 4.79 Å². The molecule has 1 amide bonds. The van der Waals surface area contributed by atoms with Gasteiger partial charge < -0.3 is 10.2 Å². The Hall–Kier alpha value is -1.36. The lowest BCUT2D eigenvalue weighted by Gasteiger charge is -2.30. The number of hydrogen-bond donors (Lipinski definition) is 2. The van der Waals surface area contributed by atoms with Crippen LogP contribution in [0.1, 0.15) is 30.1 Å². The zero-order chi connectivity index (χ0) is 12.1. The Labute approximate surface area is 102 Å². The largest absolute Gasteiger partial charge is 0.351 e. The number of aromatic amines is 1. The molecule has 94 valence electrons. The molecule has 1 aliphatic heterocycles.